The summed E-state index contributed by atoms with van der Waals surface area (Å²) in [6.45, 7) is 0. The minimum absolute atomic E-state index is 0.183. The van der Waals surface area contributed by atoms with Crippen molar-refractivity contribution < 1.29 is 9.90 Å². The number of phenolic OH excluding ortho intramolecular Hbond substituents is 1. The molecule has 2 rings (SSSR count). The summed E-state index contributed by atoms with van der Waals surface area (Å²) in [4.78, 5) is 12.1. The highest BCUT2D eigenvalue weighted by Crippen LogP contribution is 2.24. The van der Waals surface area contributed by atoms with Crippen molar-refractivity contribution in [3.63, 3.8) is 0 Å². The Morgan fingerprint density at radius 2 is 1.95 bits per heavy atom. The topological polar surface area (TPSA) is 75.3 Å². The fourth-order valence-electron chi connectivity index (χ4n) is 1.79. The second-order valence-electron chi connectivity index (χ2n) is 4.59. The average molecular weight is 417 g/mol. The van der Waals surface area contributed by atoms with Crippen LogP contribution < -0.4 is 11.1 Å². The maximum absolute atomic E-state index is 12.1. The summed E-state index contributed by atoms with van der Waals surface area (Å²) in [5, 5.41) is 12.4. The third-order valence-corrected chi connectivity index (χ3v) is 3.90. The van der Waals surface area contributed by atoms with E-state index in [0.717, 1.165) is 9.13 Å². The van der Waals surface area contributed by atoms with E-state index < -0.39 is 6.04 Å². The normalized spacial score (nSPS) is 12.0. The van der Waals surface area contributed by atoms with Crippen LogP contribution in [0.1, 0.15) is 5.56 Å². The van der Waals surface area contributed by atoms with Gasteiger partial charge in [0.1, 0.15) is 5.75 Å². The van der Waals surface area contributed by atoms with Gasteiger partial charge in [-0.1, -0.05) is 23.7 Å². The molecule has 21 heavy (non-hydrogen) atoms. The van der Waals surface area contributed by atoms with E-state index in [-0.39, 0.29) is 11.7 Å². The zero-order chi connectivity index (χ0) is 15.4. The number of anilines is 1. The van der Waals surface area contributed by atoms with E-state index in [0.29, 0.717) is 17.1 Å². The Hall–Kier alpha value is -1.31. The number of hydrogen-bond acceptors (Lipinski definition) is 3. The van der Waals surface area contributed by atoms with Crippen molar-refractivity contribution in [2.24, 2.45) is 5.73 Å². The predicted molar refractivity (Wildman–Crippen MR) is 92.6 cm³/mol. The maximum atomic E-state index is 12.1. The second-order valence-corrected chi connectivity index (χ2v) is 6.24. The summed E-state index contributed by atoms with van der Waals surface area (Å²) in [5.74, 6) is -0.117. The second kappa shape index (κ2) is 7.11. The Morgan fingerprint density at radius 3 is 2.57 bits per heavy atom. The Bertz CT molecular complexity index is 647. The molecule has 1 atom stereocenters. The number of hydrogen-bond donors (Lipinski definition) is 3. The van der Waals surface area contributed by atoms with E-state index in [9.17, 15) is 9.90 Å². The Kier molecular flexibility index (Phi) is 5.44. The van der Waals surface area contributed by atoms with Crippen molar-refractivity contribution in [2.45, 2.75) is 12.5 Å². The number of nitrogens with one attached hydrogen (secondary N) is 1. The number of amides is 1. The van der Waals surface area contributed by atoms with E-state index in [2.05, 4.69) is 27.9 Å². The van der Waals surface area contributed by atoms with Crippen molar-refractivity contribution in [3.05, 3.63) is 56.6 Å². The van der Waals surface area contributed by atoms with Crippen molar-refractivity contribution in [2.75, 3.05) is 5.32 Å². The molecule has 0 radical (unpaired) electrons. The Morgan fingerprint density at radius 1 is 1.29 bits per heavy atom. The first-order valence-electron chi connectivity index (χ1n) is 6.25. The Balaban J connectivity index is 2.00. The number of nitrogens with two attached hydrogens (primary N) is 1. The lowest BCUT2D eigenvalue weighted by atomic mass is 10.1. The molecule has 4 N–H and O–H groups in total. The molecule has 0 saturated carbocycles. The molecule has 0 bridgehead atoms. The standard InChI is InChI=1S/C15H14ClIN2O2/c16-12-8-10(17)3-6-14(12)19-15(21)13(18)7-9-1-4-11(20)5-2-9/h1-6,8,13,20H,7,18H2,(H,19,21)/t13-/m1/s1. The lowest BCUT2D eigenvalue weighted by Crippen LogP contribution is -2.37. The van der Waals surface area contributed by atoms with Gasteiger partial charge in [-0.3, -0.25) is 4.79 Å². The van der Waals surface area contributed by atoms with Gasteiger partial charge in [0.2, 0.25) is 5.91 Å². The van der Waals surface area contributed by atoms with Crippen LogP contribution in [0.15, 0.2) is 42.5 Å². The largest absolute Gasteiger partial charge is 0.508 e. The molecule has 0 saturated heterocycles. The molecule has 2 aromatic carbocycles. The van der Waals surface area contributed by atoms with E-state index in [1.165, 1.54) is 0 Å². The summed E-state index contributed by atoms with van der Waals surface area (Å²) in [5.41, 5.74) is 7.32. The van der Waals surface area contributed by atoms with Crippen LogP contribution in [0.4, 0.5) is 5.69 Å². The van der Waals surface area contributed by atoms with E-state index in [1.807, 2.05) is 6.07 Å². The van der Waals surface area contributed by atoms with E-state index in [1.54, 1.807) is 36.4 Å². The van der Waals surface area contributed by atoms with E-state index >= 15 is 0 Å². The SMILES string of the molecule is N[C@H](Cc1ccc(O)cc1)C(=O)Nc1ccc(I)cc1Cl. The molecule has 4 nitrogen and oxygen atoms in total. The highest BCUT2D eigenvalue weighted by Gasteiger charge is 2.15. The average Bonchev–Trinajstić information content (AvgIpc) is 2.44. The van der Waals surface area contributed by atoms with Crippen LogP contribution in [0.2, 0.25) is 5.02 Å². The molecule has 0 heterocycles. The van der Waals surface area contributed by atoms with Gasteiger partial charge in [0.15, 0.2) is 0 Å². The smallest absolute Gasteiger partial charge is 0.241 e. The Labute approximate surface area is 141 Å². The lowest BCUT2D eigenvalue weighted by Gasteiger charge is -2.13. The van der Waals surface area contributed by atoms with Crippen LogP contribution in [0.5, 0.6) is 5.75 Å². The number of phenols is 1. The van der Waals surface area contributed by atoms with Crippen LogP contribution in [-0.4, -0.2) is 17.1 Å². The zero-order valence-corrected chi connectivity index (χ0v) is 13.9. The van der Waals surface area contributed by atoms with Gasteiger partial charge < -0.3 is 16.2 Å². The quantitative estimate of drug-likeness (QED) is 0.670. The third kappa shape index (κ3) is 4.59. The number of aromatic hydroxyl groups is 1. The van der Waals surface area contributed by atoms with Crippen LogP contribution >= 0.6 is 34.2 Å². The monoisotopic (exact) mass is 416 g/mol. The van der Waals surface area contributed by atoms with Crippen LogP contribution in [0.3, 0.4) is 0 Å². The number of benzene rings is 2. The summed E-state index contributed by atoms with van der Waals surface area (Å²) in [6.07, 6.45) is 0.383. The summed E-state index contributed by atoms with van der Waals surface area (Å²) in [7, 11) is 0. The molecular formula is C15H14ClIN2O2. The van der Waals surface area contributed by atoms with Gasteiger partial charge in [-0.2, -0.15) is 0 Å². The highest BCUT2D eigenvalue weighted by molar-refractivity contribution is 14.1. The van der Waals surface area contributed by atoms with Gasteiger partial charge in [0.25, 0.3) is 0 Å². The number of carbonyl (C=O) groups is 1. The van der Waals surface area contributed by atoms with Crippen LogP contribution in [0.25, 0.3) is 0 Å². The third-order valence-electron chi connectivity index (χ3n) is 2.92. The molecule has 2 aromatic rings. The molecule has 0 spiro atoms. The molecule has 0 aliphatic rings. The summed E-state index contributed by atoms with van der Waals surface area (Å²) in [6, 6.07) is 11.3. The number of halogens is 2. The first-order valence-corrected chi connectivity index (χ1v) is 7.71. The first kappa shape index (κ1) is 16.1. The first-order chi connectivity index (χ1) is 9.95. The maximum Gasteiger partial charge on any atom is 0.241 e. The molecule has 6 heteroatoms. The zero-order valence-electron chi connectivity index (χ0n) is 11.0. The van der Waals surface area contributed by atoms with Gasteiger partial charge in [0, 0.05) is 3.57 Å². The number of carbonyl (C=O) groups excluding carboxylic acids is 1. The van der Waals surface area contributed by atoms with Crippen molar-refractivity contribution in [3.8, 4) is 5.75 Å². The minimum Gasteiger partial charge on any atom is -0.508 e. The van der Waals surface area contributed by atoms with Crippen molar-refractivity contribution in [1.29, 1.82) is 0 Å². The molecule has 1 amide bonds. The predicted octanol–water partition coefficient (Wildman–Crippen LogP) is 3.16. The molecule has 0 aromatic heterocycles. The number of rotatable bonds is 4. The molecule has 110 valence electrons. The van der Waals surface area contributed by atoms with Gasteiger partial charge >= 0.3 is 0 Å². The van der Waals surface area contributed by atoms with E-state index in [4.69, 9.17) is 17.3 Å². The summed E-state index contributed by atoms with van der Waals surface area (Å²) >= 11 is 8.21. The van der Waals surface area contributed by atoms with Gasteiger partial charge in [-0.15, -0.1) is 0 Å². The molecular weight excluding hydrogens is 403 g/mol. The molecule has 0 unspecified atom stereocenters. The van der Waals surface area contributed by atoms with Crippen LogP contribution in [-0.2, 0) is 11.2 Å². The van der Waals surface area contributed by atoms with Gasteiger partial charge in [0.05, 0.1) is 16.8 Å². The van der Waals surface area contributed by atoms with Gasteiger partial charge in [-0.05, 0) is 64.9 Å². The summed E-state index contributed by atoms with van der Waals surface area (Å²) < 4.78 is 0.990. The fraction of sp³-hybridized carbons (Fsp3) is 0.133. The van der Waals surface area contributed by atoms with Crippen molar-refractivity contribution in [1.82, 2.24) is 0 Å². The highest BCUT2D eigenvalue weighted by atomic mass is 127. The minimum atomic E-state index is -0.690. The van der Waals surface area contributed by atoms with Gasteiger partial charge in [-0.25, -0.2) is 0 Å². The van der Waals surface area contributed by atoms with Crippen molar-refractivity contribution >= 4 is 45.8 Å². The molecule has 0 fully saturated rings. The fourth-order valence-corrected chi connectivity index (χ4v) is 2.70. The lowest BCUT2D eigenvalue weighted by molar-refractivity contribution is -0.117. The van der Waals surface area contributed by atoms with Crippen LogP contribution in [0, 0.1) is 3.57 Å². The molecule has 0 aliphatic carbocycles. The molecule has 0 aliphatic heterocycles.